The second-order valence-corrected chi connectivity index (χ2v) is 8.05. The molecule has 0 radical (unpaired) electrons. The zero-order valence-corrected chi connectivity index (χ0v) is 20.6. The van der Waals surface area contributed by atoms with E-state index < -0.39 is 0 Å². The van der Waals surface area contributed by atoms with E-state index >= 15 is 0 Å². The number of morpholine rings is 1. The number of hydrogen-bond acceptors (Lipinski definition) is 5. The van der Waals surface area contributed by atoms with Crippen molar-refractivity contribution in [2.24, 2.45) is 4.99 Å². The minimum Gasteiger partial charge on any atom is -0.469 e. The maximum atomic E-state index is 5.41. The van der Waals surface area contributed by atoms with Crippen molar-refractivity contribution in [2.75, 3.05) is 58.2 Å². The van der Waals surface area contributed by atoms with E-state index in [1.165, 1.54) is 4.90 Å². The second-order valence-electron chi connectivity index (χ2n) is 6.88. The number of ether oxygens (including phenoxy) is 1. The van der Waals surface area contributed by atoms with E-state index in [1.54, 1.807) is 6.26 Å². The standard InChI is InChI=1S/C22H32N4O2S.HI/c1-2-7-21(8-3-1)29-19-12-25-22(24-11-9-20-6-4-16-28-20)23-10-5-13-26-14-17-27-18-15-26;/h1-4,6-8,16H,5,9-15,17-19H2,(H2,23,24,25);1H. The highest BCUT2D eigenvalue weighted by Gasteiger charge is 2.09. The molecule has 8 heteroatoms. The zero-order chi connectivity index (χ0) is 20.0. The number of benzene rings is 1. The van der Waals surface area contributed by atoms with Gasteiger partial charge >= 0.3 is 0 Å². The number of thioether (sulfide) groups is 1. The van der Waals surface area contributed by atoms with Gasteiger partial charge in [0.25, 0.3) is 0 Å². The van der Waals surface area contributed by atoms with Crippen molar-refractivity contribution in [3.63, 3.8) is 0 Å². The summed E-state index contributed by atoms with van der Waals surface area (Å²) in [5.41, 5.74) is 0. The molecule has 0 atom stereocenters. The molecule has 0 bridgehead atoms. The number of nitrogens with one attached hydrogen (secondary N) is 2. The van der Waals surface area contributed by atoms with E-state index in [0.717, 1.165) is 82.8 Å². The molecule has 1 saturated heterocycles. The van der Waals surface area contributed by atoms with Crippen LogP contribution in [0.25, 0.3) is 0 Å². The molecule has 1 fully saturated rings. The Morgan fingerprint density at radius 2 is 1.83 bits per heavy atom. The maximum absolute atomic E-state index is 5.41. The van der Waals surface area contributed by atoms with Crippen LogP contribution in [0.3, 0.4) is 0 Å². The van der Waals surface area contributed by atoms with E-state index in [2.05, 4.69) is 39.8 Å². The summed E-state index contributed by atoms with van der Waals surface area (Å²) in [5.74, 6) is 2.87. The predicted octanol–water partition coefficient (Wildman–Crippen LogP) is 3.49. The first-order chi connectivity index (χ1) is 14.4. The number of hydrogen-bond donors (Lipinski definition) is 2. The van der Waals surface area contributed by atoms with Crippen LogP contribution in [0.4, 0.5) is 0 Å². The van der Waals surface area contributed by atoms with Gasteiger partial charge in [0.15, 0.2) is 5.96 Å². The van der Waals surface area contributed by atoms with Crippen molar-refractivity contribution in [3.05, 3.63) is 54.5 Å². The Bertz CT molecular complexity index is 694. The molecular weight excluding hydrogens is 511 g/mol. The first kappa shape index (κ1) is 25.0. The van der Waals surface area contributed by atoms with Gasteiger partial charge in [0.2, 0.25) is 0 Å². The normalized spacial score (nSPS) is 14.9. The molecule has 2 N–H and O–H groups in total. The first-order valence-corrected chi connectivity index (χ1v) is 11.4. The molecule has 1 aromatic heterocycles. The molecule has 0 unspecified atom stereocenters. The summed E-state index contributed by atoms with van der Waals surface area (Å²) in [6.45, 7) is 7.34. The van der Waals surface area contributed by atoms with Crippen LogP contribution in [0.15, 0.2) is 63.0 Å². The summed E-state index contributed by atoms with van der Waals surface area (Å²) < 4.78 is 10.8. The molecular formula is C22H33IN4O2S. The van der Waals surface area contributed by atoms with E-state index in [4.69, 9.17) is 14.1 Å². The summed E-state index contributed by atoms with van der Waals surface area (Å²) in [7, 11) is 0. The SMILES string of the molecule is I.c1ccc(SCCNC(=NCCCN2CCOCC2)NCCc2ccco2)cc1. The minimum atomic E-state index is 0. The fourth-order valence-electron chi connectivity index (χ4n) is 3.10. The highest BCUT2D eigenvalue weighted by atomic mass is 127. The third kappa shape index (κ3) is 10.2. The van der Waals surface area contributed by atoms with Gasteiger partial charge < -0.3 is 19.8 Å². The lowest BCUT2D eigenvalue weighted by atomic mass is 10.3. The number of rotatable bonds is 11. The van der Waals surface area contributed by atoms with Crippen LogP contribution in [0, 0.1) is 0 Å². The minimum absolute atomic E-state index is 0. The molecule has 6 nitrogen and oxygen atoms in total. The van der Waals surface area contributed by atoms with Gasteiger partial charge in [0.1, 0.15) is 5.76 Å². The van der Waals surface area contributed by atoms with Crippen molar-refractivity contribution in [2.45, 2.75) is 17.7 Å². The van der Waals surface area contributed by atoms with Crippen LogP contribution in [0.2, 0.25) is 0 Å². The zero-order valence-electron chi connectivity index (χ0n) is 17.4. The van der Waals surface area contributed by atoms with Crippen LogP contribution in [-0.4, -0.2) is 69.1 Å². The molecule has 2 heterocycles. The lowest BCUT2D eigenvalue weighted by molar-refractivity contribution is 0.0377. The van der Waals surface area contributed by atoms with Crippen molar-refractivity contribution in [1.82, 2.24) is 15.5 Å². The summed E-state index contributed by atoms with van der Waals surface area (Å²) in [5, 5.41) is 6.89. The van der Waals surface area contributed by atoms with Crippen molar-refractivity contribution in [3.8, 4) is 0 Å². The lowest BCUT2D eigenvalue weighted by Gasteiger charge is -2.26. The molecule has 166 valence electrons. The maximum Gasteiger partial charge on any atom is 0.191 e. The Labute approximate surface area is 201 Å². The second kappa shape index (κ2) is 15.6. The fraction of sp³-hybridized carbons (Fsp3) is 0.500. The van der Waals surface area contributed by atoms with Crippen LogP contribution >= 0.6 is 35.7 Å². The van der Waals surface area contributed by atoms with Crippen molar-refractivity contribution < 1.29 is 9.15 Å². The van der Waals surface area contributed by atoms with Gasteiger partial charge in [-0.3, -0.25) is 9.89 Å². The summed E-state index contributed by atoms with van der Waals surface area (Å²) in [6, 6.07) is 14.4. The molecule has 3 rings (SSSR count). The first-order valence-electron chi connectivity index (χ1n) is 10.4. The van der Waals surface area contributed by atoms with Gasteiger partial charge in [-0.15, -0.1) is 35.7 Å². The lowest BCUT2D eigenvalue weighted by Crippen LogP contribution is -2.40. The Balaban J connectivity index is 0.00000320. The topological polar surface area (TPSA) is 62.0 Å². The molecule has 1 aliphatic heterocycles. The largest absolute Gasteiger partial charge is 0.469 e. The molecule has 2 aromatic rings. The highest BCUT2D eigenvalue weighted by molar-refractivity contribution is 14.0. The Morgan fingerprint density at radius 3 is 2.60 bits per heavy atom. The molecule has 1 aliphatic rings. The van der Waals surface area contributed by atoms with Gasteiger partial charge in [-0.25, -0.2) is 0 Å². The van der Waals surface area contributed by atoms with Crippen LogP contribution < -0.4 is 10.6 Å². The summed E-state index contributed by atoms with van der Waals surface area (Å²) in [6.07, 6.45) is 3.62. The summed E-state index contributed by atoms with van der Waals surface area (Å²) in [4.78, 5) is 8.51. The number of nitrogens with zero attached hydrogens (tertiary/aromatic N) is 2. The van der Waals surface area contributed by atoms with Gasteiger partial charge in [-0.2, -0.15) is 0 Å². The number of halogens is 1. The van der Waals surface area contributed by atoms with Crippen LogP contribution in [-0.2, 0) is 11.2 Å². The molecule has 0 spiro atoms. The fourth-order valence-corrected chi connectivity index (χ4v) is 3.89. The quantitative estimate of drug-likeness (QED) is 0.149. The van der Waals surface area contributed by atoms with Crippen molar-refractivity contribution >= 4 is 41.7 Å². The highest BCUT2D eigenvalue weighted by Crippen LogP contribution is 2.15. The van der Waals surface area contributed by atoms with Crippen LogP contribution in [0.5, 0.6) is 0 Å². The number of furan rings is 1. The summed E-state index contributed by atoms with van der Waals surface area (Å²) >= 11 is 1.85. The number of guanidine groups is 1. The van der Waals surface area contributed by atoms with E-state index in [9.17, 15) is 0 Å². The molecule has 1 aromatic carbocycles. The van der Waals surface area contributed by atoms with E-state index in [-0.39, 0.29) is 24.0 Å². The van der Waals surface area contributed by atoms with Gasteiger partial charge in [-0.1, -0.05) is 18.2 Å². The van der Waals surface area contributed by atoms with Gasteiger partial charge in [0, 0.05) is 56.3 Å². The van der Waals surface area contributed by atoms with E-state index in [0.29, 0.717) is 0 Å². The van der Waals surface area contributed by atoms with E-state index in [1.807, 2.05) is 30.0 Å². The average molecular weight is 545 g/mol. The predicted molar refractivity (Wildman–Crippen MR) is 135 cm³/mol. The Kier molecular flexibility index (Phi) is 13.0. The molecule has 30 heavy (non-hydrogen) atoms. The molecule has 0 saturated carbocycles. The Morgan fingerprint density at radius 1 is 1.03 bits per heavy atom. The smallest absolute Gasteiger partial charge is 0.191 e. The molecule has 0 aliphatic carbocycles. The van der Waals surface area contributed by atoms with Crippen LogP contribution in [0.1, 0.15) is 12.2 Å². The van der Waals surface area contributed by atoms with Crippen molar-refractivity contribution in [1.29, 1.82) is 0 Å². The van der Waals surface area contributed by atoms with Gasteiger partial charge in [0.05, 0.1) is 19.5 Å². The monoisotopic (exact) mass is 544 g/mol. The third-order valence-corrected chi connectivity index (χ3v) is 5.67. The third-order valence-electron chi connectivity index (χ3n) is 4.66. The average Bonchev–Trinajstić information content (AvgIpc) is 3.29. The Hall–Kier alpha value is -1.23. The number of aliphatic imine (C=N–C) groups is 1. The molecule has 0 amide bonds. The van der Waals surface area contributed by atoms with Gasteiger partial charge in [-0.05, 0) is 30.7 Å².